The first kappa shape index (κ1) is 31.2. The number of aromatic nitrogens is 1. The van der Waals surface area contributed by atoms with Gasteiger partial charge in [-0.2, -0.15) is 0 Å². The van der Waals surface area contributed by atoms with Gasteiger partial charge in [0.1, 0.15) is 0 Å². The standard InChI is InChI=1S/C55H35N/c1-3-15-38(16-4-1)55(39-17-5-2-6-18-39)51-25-13-11-23-46(51)47-32-29-40(35-52(47)55)56-53-26-14-12-24-48(53)49-31-28-37(34-54(49)56)36-27-30-45-43-21-8-7-19-41(43)42-20-9-10-22-44(42)50(45)33-36/h1-35H. The van der Waals surface area contributed by atoms with Crippen molar-refractivity contribution in [3.05, 3.63) is 235 Å². The lowest BCUT2D eigenvalue weighted by Gasteiger charge is -2.34. The first-order chi connectivity index (χ1) is 27.8. The highest BCUT2D eigenvalue weighted by atomic mass is 15.0. The Hall–Kier alpha value is -7.22. The van der Waals surface area contributed by atoms with E-state index in [1.807, 2.05) is 0 Å². The van der Waals surface area contributed by atoms with Gasteiger partial charge >= 0.3 is 0 Å². The lowest BCUT2D eigenvalue weighted by atomic mass is 9.67. The minimum atomic E-state index is -0.466. The fourth-order valence-electron chi connectivity index (χ4n) is 10.1. The molecule has 0 bridgehead atoms. The fraction of sp³-hybridized carbons (Fsp3) is 0.0182. The van der Waals surface area contributed by atoms with E-state index < -0.39 is 5.41 Å². The average molecular weight is 710 g/mol. The molecule has 0 amide bonds. The third-order valence-electron chi connectivity index (χ3n) is 12.5. The molecule has 0 fully saturated rings. The normalized spacial score (nSPS) is 13.1. The van der Waals surface area contributed by atoms with Gasteiger partial charge in [0.25, 0.3) is 0 Å². The van der Waals surface area contributed by atoms with Crippen LogP contribution in [0.15, 0.2) is 212 Å². The molecule has 1 aliphatic carbocycles. The zero-order valence-corrected chi connectivity index (χ0v) is 30.7. The van der Waals surface area contributed by atoms with E-state index in [1.54, 1.807) is 0 Å². The smallest absolute Gasteiger partial charge is 0.0714 e. The van der Waals surface area contributed by atoms with Crippen molar-refractivity contribution in [2.75, 3.05) is 0 Å². The van der Waals surface area contributed by atoms with Crippen LogP contribution >= 0.6 is 0 Å². The molecule has 1 aromatic heterocycles. The maximum absolute atomic E-state index is 2.49. The van der Waals surface area contributed by atoms with Crippen LogP contribution in [0.3, 0.4) is 0 Å². The SMILES string of the molecule is c1ccc(C2(c3ccccc3)c3ccccc3-c3ccc(-n4c5ccccc5c5ccc(-c6ccc7c8ccccc8c8ccccc8c7c6)cc54)cc32)cc1. The average Bonchev–Trinajstić information content (AvgIpc) is 3.77. The molecule has 1 nitrogen and oxygen atoms in total. The molecule has 0 atom stereocenters. The third-order valence-corrected chi connectivity index (χ3v) is 12.5. The van der Waals surface area contributed by atoms with Crippen LogP contribution in [0.5, 0.6) is 0 Å². The molecular weight excluding hydrogens is 675 g/mol. The van der Waals surface area contributed by atoms with Crippen molar-refractivity contribution in [3.8, 4) is 27.9 Å². The van der Waals surface area contributed by atoms with E-state index in [4.69, 9.17) is 0 Å². The van der Waals surface area contributed by atoms with Gasteiger partial charge in [-0.1, -0.05) is 182 Å². The number of benzene rings is 10. The number of nitrogens with zero attached hydrogens (tertiary/aromatic N) is 1. The summed E-state index contributed by atoms with van der Waals surface area (Å²) in [6.07, 6.45) is 0. The molecule has 0 saturated carbocycles. The molecule has 11 aromatic rings. The summed E-state index contributed by atoms with van der Waals surface area (Å²) in [5.41, 5.74) is 13.3. The maximum Gasteiger partial charge on any atom is 0.0714 e. The molecular formula is C55H35N. The summed E-state index contributed by atoms with van der Waals surface area (Å²) in [5.74, 6) is 0. The van der Waals surface area contributed by atoms with Gasteiger partial charge in [-0.3, -0.25) is 0 Å². The molecule has 12 rings (SSSR count). The summed E-state index contributed by atoms with van der Waals surface area (Å²) in [4.78, 5) is 0. The second kappa shape index (κ2) is 11.9. The van der Waals surface area contributed by atoms with Gasteiger partial charge in [-0.05, 0) is 107 Å². The van der Waals surface area contributed by atoms with Gasteiger partial charge in [0.15, 0.2) is 0 Å². The van der Waals surface area contributed by atoms with Gasteiger partial charge < -0.3 is 4.57 Å². The first-order valence-corrected chi connectivity index (χ1v) is 19.5. The largest absolute Gasteiger partial charge is 0.309 e. The summed E-state index contributed by atoms with van der Waals surface area (Å²) >= 11 is 0. The fourth-order valence-corrected chi connectivity index (χ4v) is 10.1. The van der Waals surface area contributed by atoms with Crippen LogP contribution in [0.4, 0.5) is 0 Å². The molecule has 0 unspecified atom stereocenters. The number of rotatable bonds is 4. The minimum absolute atomic E-state index is 0.466. The van der Waals surface area contributed by atoms with Crippen LogP contribution in [0.1, 0.15) is 22.3 Å². The van der Waals surface area contributed by atoms with E-state index >= 15 is 0 Å². The molecule has 10 aromatic carbocycles. The van der Waals surface area contributed by atoms with E-state index in [2.05, 4.69) is 217 Å². The maximum atomic E-state index is 2.49. The predicted octanol–water partition coefficient (Wildman–Crippen LogP) is 14.3. The van der Waals surface area contributed by atoms with E-state index in [0.717, 1.165) is 5.69 Å². The Morgan fingerprint density at radius 3 is 1.45 bits per heavy atom. The molecule has 0 radical (unpaired) electrons. The van der Waals surface area contributed by atoms with Crippen LogP contribution in [-0.2, 0) is 5.41 Å². The zero-order valence-electron chi connectivity index (χ0n) is 30.7. The summed E-state index contributed by atoms with van der Waals surface area (Å²) in [7, 11) is 0. The highest BCUT2D eigenvalue weighted by Crippen LogP contribution is 2.56. The van der Waals surface area contributed by atoms with Crippen LogP contribution in [0.25, 0.3) is 82.1 Å². The molecule has 1 heteroatoms. The van der Waals surface area contributed by atoms with Crippen LogP contribution in [-0.4, -0.2) is 4.57 Å². The third kappa shape index (κ3) is 4.26. The van der Waals surface area contributed by atoms with Crippen LogP contribution in [0, 0.1) is 0 Å². The Kier molecular flexibility index (Phi) is 6.62. The van der Waals surface area contributed by atoms with Gasteiger partial charge in [-0.25, -0.2) is 0 Å². The summed E-state index contributed by atoms with van der Waals surface area (Å²) < 4.78 is 2.49. The molecule has 0 N–H and O–H groups in total. The van der Waals surface area contributed by atoms with Gasteiger partial charge in [0.05, 0.1) is 16.4 Å². The van der Waals surface area contributed by atoms with Crippen LogP contribution < -0.4 is 0 Å². The Bertz CT molecular complexity index is 3280. The Morgan fingerprint density at radius 2 is 0.768 bits per heavy atom. The molecule has 1 aliphatic rings. The highest BCUT2D eigenvalue weighted by molar-refractivity contribution is 6.25. The van der Waals surface area contributed by atoms with Crippen molar-refractivity contribution in [3.63, 3.8) is 0 Å². The summed E-state index contributed by atoms with van der Waals surface area (Å²) in [5, 5.41) is 10.3. The van der Waals surface area contributed by atoms with E-state index in [-0.39, 0.29) is 0 Å². The number of fused-ring (bicyclic) bond motifs is 12. The minimum Gasteiger partial charge on any atom is -0.309 e. The van der Waals surface area contributed by atoms with Crippen molar-refractivity contribution >= 4 is 54.1 Å². The van der Waals surface area contributed by atoms with E-state index in [9.17, 15) is 0 Å². The predicted molar refractivity (Wildman–Crippen MR) is 236 cm³/mol. The Balaban J connectivity index is 1.11. The second-order valence-corrected chi connectivity index (χ2v) is 15.2. The lowest BCUT2D eigenvalue weighted by Crippen LogP contribution is -2.28. The summed E-state index contributed by atoms with van der Waals surface area (Å²) in [6, 6.07) is 78.9. The number of hydrogen-bond acceptors (Lipinski definition) is 0. The number of para-hydroxylation sites is 1. The molecule has 1 heterocycles. The zero-order chi connectivity index (χ0) is 36.8. The van der Waals surface area contributed by atoms with Crippen molar-refractivity contribution in [2.45, 2.75) is 5.41 Å². The molecule has 0 saturated heterocycles. The quantitative estimate of drug-likeness (QED) is 0.160. The van der Waals surface area contributed by atoms with Gasteiger partial charge in [0.2, 0.25) is 0 Å². The Labute approximate surface area is 325 Å². The van der Waals surface area contributed by atoms with Crippen molar-refractivity contribution < 1.29 is 0 Å². The van der Waals surface area contributed by atoms with E-state index in [0.29, 0.717) is 0 Å². The van der Waals surface area contributed by atoms with Gasteiger partial charge in [-0.15, -0.1) is 0 Å². The molecule has 0 aliphatic heterocycles. The van der Waals surface area contributed by atoms with E-state index in [1.165, 1.54) is 98.6 Å². The number of hydrogen-bond donors (Lipinski definition) is 0. The Morgan fingerprint density at radius 1 is 0.286 bits per heavy atom. The lowest BCUT2D eigenvalue weighted by molar-refractivity contribution is 0.767. The van der Waals surface area contributed by atoms with Crippen molar-refractivity contribution in [1.82, 2.24) is 4.57 Å². The molecule has 56 heavy (non-hydrogen) atoms. The van der Waals surface area contributed by atoms with Crippen molar-refractivity contribution in [2.24, 2.45) is 0 Å². The highest BCUT2D eigenvalue weighted by Gasteiger charge is 2.46. The topological polar surface area (TPSA) is 4.93 Å². The second-order valence-electron chi connectivity index (χ2n) is 15.2. The van der Waals surface area contributed by atoms with Crippen LogP contribution in [0.2, 0.25) is 0 Å². The summed E-state index contributed by atoms with van der Waals surface area (Å²) in [6.45, 7) is 0. The monoisotopic (exact) mass is 709 g/mol. The van der Waals surface area contributed by atoms with Crippen molar-refractivity contribution in [1.29, 1.82) is 0 Å². The van der Waals surface area contributed by atoms with Gasteiger partial charge in [0, 0.05) is 16.5 Å². The first-order valence-electron chi connectivity index (χ1n) is 19.5. The molecule has 260 valence electrons. The molecule has 0 spiro atoms.